The van der Waals surface area contributed by atoms with E-state index in [2.05, 4.69) is 16.1 Å². The lowest BCUT2D eigenvalue weighted by Crippen LogP contribution is -2.17. The molecule has 1 heterocycles. The highest BCUT2D eigenvalue weighted by atomic mass is 32.2. The van der Waals surface area contributed by atoms with Gasteiger partial charge in [0.1, 0.15) is 4.90 Å². The lowest BCUT2D eigenvalue weighted by Gasteiger charge is -2.16. The van der Waals surface area contributed by atoms with Crippen molar-refractivity contribution in [1.82, 2.24) is 4.98 Å². The Morgan fingerprint density at radius 1 is 0.844 bits per heavy atom. The lowest BCUT2D eigenvalue weighted by atomic mass is 10.1. The zero-order valence-electron chi connectivity index (χ0n) is 18.0. The fourth-order valence-electron chi connectivity index (χ4n) is 3.54. The molecule has 1 aromatic heterocycles. The minimum atomic E-state index is -3.98. The first-order chi connectivity index (χ1) is 15.2. The Kier molecular flexibility index (Phi) is 5.67. The molecule has 1 amide bonds. The van der Waals surface area contributed by atoms with Crippen molar-refractivity contribution in [3.8, 4) is 11.3 Å². The number of hydrogen-bond acceptors (Lipinski definition) is 4. The third-order valence-corrected chi connectivity index (χ3v) is 6.43. The summed E-state index contributed by atoms with van der Waals surface area (Å²) in [6, 6.07) is 21.9. The number of aromatic nitrogens is 1. The lowest BCUT2D eigenvalue weighted by molar-refractivity contribution is -0.114. The Morgan fingerprint density at radius 3 is 2.34 bits per heavy atom. The van der Waals surface area contributed by atoms with Gasteiger partial charge in [-0.05, 0) is 55.8 Å². The smallest absolute Gasteiger partial charge is 0.263 e. The van der Waals surface area contributed by atoms with E-state index in [0.717, 1.165) is 22.0 Å². The first-order valence-electron chi connectivity index (χ1n) is 10.1. The molecule has 0 radical (unpaired) electrons. The summed E-state index contributed by atoms with van der Waals surface area (Å²) in [6.45, 7) is 5.16. The van der Waals surface area contributed by atoms with E-state index in [0.29, 0.717) is 16.9 Å². The van der Waals surface area contributed by atoms with Gasteiger partial charge in [-0.15, -0.1) is 0 Å². The van der Waals surface area contributed by atoms with Gasteiger partial charge < -0.3 is 5.32 Å². The van der Waals surface area contributed by atoms with Crippen molar-refractivity contribution in [3.05, 3.63) is 83.9 Å². The summed E-state index contributed by atoms with van der Waals surface area (Å²) in [7, 11) is -3.98. The number of carbonyl (C=O) groups is 1. The van der Waals surface area contributed by atoms with Crippen LogP contribution in [0.1, 0.15) is 18.1 Å². The summed E-state index contributed by atoms with van der Waals surface area (Å²) in [5, 5.41) is 3.61. The number of hydrogen-bond donors (Lipinski definition) is 2. The van der Waals surface area contributed by atoms with E-state index in [1.54, 1.807) is 31.2 Å². The normalized spacial score (nSPS) is 11.3. The van der Waals surface area contributed by atoms with E-state index < -0.39 is 10.0 Å². The molecule has 0 unspecified atom stereocenters. The number of benzene rings is 3. The van der Waals surface area contributed by atoms with Gasteiger partial charge in [0.25, 0.3) is 10.0 Å². The topological polar surface area (TPSA) is 88.2 Å². The van der Waals surface area contributed by atoms with Crippen LogP contribution in [0.15, 0.2) is 77.7 Å². The largest absolute Gasteiger partial charge is 0.325 e. The Bertz CT molecular complexity index is 1450. The molecule has 2 N–H and O–H groups in total. The maximum atomic E-state index is 13.3. The summed E-state index contributed by atoms with van der Waals surface area (Å²) in [5.41, 5.74) is 4.69. The van der Waals surface area contributed by atoms with Crippen LogP contribution in [0, 0.1) is 13.8 Å². The van der Waals surface area contributed by atoms with Crippen molar-refractivity contribution in [2.24, 2.45) is 0 Å². The standard InChI is InChI=1S/C25H23N3O3S/c1-16-8-11-21-19(14-16)10-13-22(27-21)20-6-4-5-7-23(20)28-32(30,31)25-15-17(2)9-12-24(25)26-18(3)29/h4-15,28H,1-3H3,(H,26,29). The number of nitrogens with zero attached hydrogens (tertiary/aromatic N) is 1. The fourth-order valence-corrected chi connectivity index (χ4v) is 4.86. The molecule has 4 rings (SSSR count). The molecule has 0 bridgehead atoms. The molecule has 0 aliphatic heterocycles. The number of rotatable bonds is 5. The molecule has 0 fully saturated rings. The van der Waals surface area contributed by atoms with Crippen LogP contribution in [0.2, 0.25) is 0 Å². The van der Waals surface area contributed by atoms with E-state index in [9.17, 15) is 13.2 Å². The molecule has 0 atom stereocenters. The molecule has 3 aromatic carbocycles. The summed E-state index contributed by atoms with van der Waals surface area (Å²) in [4.78, 5) is 16.3. The highest BCUT2D eigenvalue weighted by Gasteiger charge is 2.21. The Morgan fingerprint density at radius 2 is 1.56 bits per heavy atom. The SMILES string of the molecule is CC(=O)Nc1ccc(C)cc1S(=O)(=O)Nc1ccccc1-c1ccc2cc(C)ccc2n1. The number of pyridine rings is 1. The van der Waals surface area contributed by atoms with Crippen LogP contribution in [-0.4, -0.2) is 19.3 Å². The second-order valence-electron chi connectivity index (χ2n) is 7.72. The predicted molar refractivity (Wildman–Crippen MR) is 128 cm³/mol. The average Bonchev–Trinajstić information content (AvgIpc) is 2.74. The van der Waals surface area contributed by atoms with Crippen LogP contribution in [0.4, 0.5) is 11.4 Å². The molecule has 162 valence electrons. The third-order valence-electron chi connectivity index (χ3n) is 5.03. The first-order valence-corrected chi connectivity index (χ1v) is 11.6. The molecule has 0 saturated heterocycles. The van der Waals surface area contributed by atoms with Gasteiger partial charge >= 0.3 is 0 Å². The molecule has 0 spiro atoms. The second kappa shape index (κ2) is 8.43. The highest BCUT2D eigenvalue weighted by molar-refractivity contribution is 7.93. The fraction of sp³-hybridized carbons (Fsp3) is 0.120. The van der Waals surface area contributed by atoms with Crippen LogP contribution in [0.5, 0.6) is 0 Å². The van der Waals surface area contributed by atoms with Crippen LogP contribution in [0.3, 0.4) is 0 Å². The maximum absolute atomic E-state index is 13.3. The zero-order chi connectivity index (χ0) is 22.9. The Labute approximate surface area is 187 Å². The van der Waals surface area contributed by atoms with Crippen molar-refractivity contribution in [2.45, 2.75) is 25.7 Å². The monoisotopic (exact) mass is 445 g/mol. The third kappa shape index (κ3) is 4.48. The van der Waals surface area contributed by atoms with Gasteiger partial charge in [0.2, 0.25) is 5.91 Å². The minimum absolute atomic E-state index is 0.00412. The van der Waals surface area contributed by atoms with E-state index in [1.807, 2.05) is 43.3 Å². The van der Waals surface area contributed by atoms with E-state index in [1.165, 1.54) is 13.0 Å². The van der Waals surface area contributed by atoms with Gasteiger partial charge in [0, 0.05) is 17.9 Å². The van der Waals surface area contributed by atoms with Gasteiger partial charge in [0.05, 0.1) is 22.6 Å². The van der Waals surface area contributed by atoms with Crippen molar-refractivity contribution in [1.29, 1.82) is 0 Å². The van der Waals surface area contributed by atoms with E-state index >= 15 is 0 Å². The van der Waals surface area contributed by atoms with Crippen LogP contribution in [-0.2, 0) is 14.8 Å². The van der Waals surface area contributed by atoms with Crippen LogP contribution >= 0.6 is 0 Å². The number of para-hydroxylation sites is 1. The first kappa shape index (κ1) is 21.5. The second-order valence-corrected chi connectivity index (χ2v) is 9.38. The minimum Gasteiger partial charge on any atom is -0.325 e. The van der Waals surface area contributed by atoms with Crippen LogP contribution in [0.25, 0.3) is 22.2 Å². The number of sulfonamides is 1. The van der Waals surface area contributed by atoms with Gasteiger partial charge in [-0.1, -0.05) is 42.0 Å². The van der Waals surface area contributed by atoms with Gasteiger partial charge in [0.15, 0.2) is 0 Å². The number of anilines is 2. The average molecular weight is 446 g/mol. The molecule has 0 aliphatic carbocycles. The Balaban J connectivity index is 1.77. The van der Waals surface area contributed by atoms with Gasteiger partial charge in [-0.25, -0.2) is 13.4 Å². The predicted octanol–water partition coefficient (Wildman–Crippen LogP) is 5.28. The van der Waals surface area contributed by atoms with E-state index in [4.69, 9.17) is 4.98 Å². The van der Waals surface area contributed by atoms with E-state index in [-0.39, 0.29) is 16.5 Å². The molecular formula is C25H23N3O3S. The quantitative estimate of drug-likeness (QED) is 0.438. The number of carbonyl (C=O) groups excluding carboxylic acids is 1. The van der Waals surface area contributed by atoms with Gasteiger partial charge in [-0.3, -0.25) is 9.52 Å². The highest BCUT2D eigenvalue weighted by Crippen LogP contribution is 2.31. The Hall–Kier alpha value is -3.71. The number of aryl methyl sites for hydroxylation is 2. The summed E-state index contributed by atoms with van der Waals surface area (Å²) in [5.74, 6) is -0.346. The molecule has 32 heavy (non-hydrogen) atoms. The number of fused-ring (bicyclic) bond motifs is 1. The van der Waals surface area contributed by atoms with Crippen LogP contribution < -0.4 is 10.0 Å². The maximum Gasteiger partial charge on any atom is 0.263 e. The molecular weight excluding hydrogens is 422 g/mol. The molecule has 0 aliphatic rings. The number of amides is 1. The van der Waals surface area contributed by atoms with Crippen molar-refractivity contribution in [3.63, 3.8) is 0 Å². The summed E-state index contributed by atoms with van der Waals surface area (Å²) in [6.07, 6.45) is 0. The van der Waals surface area contributed by atoms with Crippen molar-refractivity contribution >= 4 is 38.2 Å². The summed E-state index contributed by atoms with van der Waals surface area (Å²) >= 11 is 0. The molecule has 7 heteroatoms. The zero-order valence-corrected chi connectivity index (χ0v) is 18.8. The molecule has 6 nitrogen and oxygen atoms in total. The van der Waals surface area contributed by atoms with Crippen molar-refractivity contribution < 1.29 is 13.2 Å². The van der Waals surface area contributed by atoms with Crippen molar-refractivity contribution in [2.75, 3.05) is 10.0 Å². The number of nitrogens with one attached hydrogen (secondary N) is 2. The molecule has 4 aromatic rings. The molecule has 0 saturated carbocycles. The summed E-state index contributed by atoms with van der Waals surface area (Å²) < 4.78 is 29.3. The van der Waals surface area contributed by atoms with Gasteiger partial charge in [-0.2, -0.15) is 0 Å².